The first kappa shape index (κ1) is 13.9. The lowest BCUT2D eigenvalue weighted by atomic mass is 10.1. The molecule has 0 bridgehead atoms. The number of halogens is 1. The minimum absolute atomic E-state index is 0.166. The summed E-state index contributed by atoms with van der Waals surface area (Å²) in [5.74, 6) is 0.582. The van der Waals surface area contributed by atoms with Gasteiger partial charge < -0.3 is 15.8 Å². The molecule has 1 unspecified atom stereocenters. The Morgan fingerprint density at radius 1 is 1.40 bits per heavy atom. The number of likely N-dealkylation sites (tertiary alicyclic amines) is 1. The van der Waals surface area contributed by atoms with Gasteiger partial charge in [0.2, 0.25) is 5.91 Å². The Morgan fingerprint density at radius 3 is 2.90 bits per heavy atom. The molecule has 1 atom stereocenters. The molecular weight excluding hydrogens is 322 g/mol. The first-order chi connectivity index (χ1) is 9.65. The van der Waals surface area contributed by atoms with E-state index in [1.54, 1.807) is 0 Å². The zero-order valence-electron chi connectivity index (χ0n) is 11.2. The number of ether oxygens (including phenoxy) is 1. The summed E-state index contributed by atoms with van der Waals surface area (Å²) in [6.45, 7) is 3.92. The van der Waals surface area contributed by atoms with Crippen LogP contribution in [0.2, 0.25) is 0 Å². The van der Waals surface area contributed by atoms with Crippen LogP contribution < -0.4 is 15.8 Å². The average Bonchev–Trinajstić information content (AvgIpc) is 3.02. The molecular formula is C14H18BrN3O2. The molecule has 1 aromatic rings. The Morgan fingerprint density at radius 2 is 2.15 bits per heavy atom. The highest BCUT2D eigenvalue weighted by Gasteiger charge is 2.28. The zero-order valence-corrected chi connectivity index (χ0v) is 12.8. The molecule has 1 fully saturated rings. The number of anilines is 1. The SMILES string of the molecule is NC1C(=O)Nc2cc(OCCN3CCCC3)c(Br)cc21. The second kappa shape index (κ2) is 5.71. The number of nitrogens with two attached hydrogens (primary N) is 1. The normalized spacial score (nSPS) is 21.9. The number of hydrogen-bond donors (Lipinski definition) is 2. The van der Waals surface area contributed by atoms with Crippen molar-refractivity contribution in [3.63, 3.8) is 0 Å². The molecule has 0 saturated carbocycles. The minimum Gasteiger partial charge on any atom is -0.491 e. The predicted molar refractivity (Wildman–Crippen MR) is 80.9 cm³/mol. The van der Waals surface area contributed by atoms with Crippen molar-refractivity contribution < 1.29 is 9.53 Å². The van der Waals surface area contributed by atoms with Gasteiger partial charge in [0.1, 0.15) is 18.4 Å². The van der Waals surface area contributed by atoms with Gasteiger partial charge in [-0.3, -0.25) is 9.69 Å². The van der Waals surface area contributed by atoms with E-state index >= 15 is 0 Å². The maximum Gasteiger partial charge on any atom is 0.245 e. The number of nitrogens with one attached hydrogen (secondary N) is 1. The molecule has 3 rings (SSSR count). The second-order valence-electron chi connectivity index (χ2n) is 5.23. The van der Waals surface area contributed by atoms with Gasteiger partial charge in [-0.2, -0.15) is 0 Å². The van der Waals surface area contributed by atoms with Crippen molar-refractivity contribution in [2.75, 3.05) is 31.6 Å². The van der Waals surface area contributed by atoms with E-state index in [0.29, 0.717) is 6.61 Å². The van der Waals surface area contributed by atoms with Crippen LogP contribution in [-0.2, 0) is 4.79 Å². The number of nitrogens with zero attached hydrogens (tertiary/aromatic N) is 1. The van der Waals surface area contributed by atoms with E-state index in [4.69, 9.17) is 10.5 Å². The van der Waals surface area contributed by atoms with Crippen LogP contribution in [0.1, 0.15) is 24.4 Å². The number of hydrogen-bond acceptors (Lipinski definition) is 4. The maximum absolute atomic E-state index is 11.5. The molecule has 108 valence electrons. The lowest BCUT2D eigenvalue weighted by molar-refractivity contribution is -0.116. The number of fused-ring (bicyclic) bond motifs is 1. The summed E-state index contributed by atoms with van der Waals surface area (Å²) < 4.78 is 6.65. The molecule has 2 aliphatic heterocycles. The number of carbonyl (C=O) groups is 1. The van der Waals surface area contributed by atoms with Gasteiger partial charge in [-0.05, 0) is 47.9 Å². The highest BCUT2D eigenvalue weighted by Crippen LogP contribution is 2.37. The van der Waals surface area contributed by atoms with E-state index < -0.39 is 6.04 Å². The van der Waals surface area contributed by atoms with Crippen LogP contribution in [0.4, 0.5) is 5.69 Å². The maximum atomic E-state index is 11.5. The summed E-state index contributed by atoms with van der Waals surface area (Å²) >= 11 is 3.48. The molecule has 2 heterocycles. The zero-order chi connectivity index (χ0) is 14.1. The van der Waals surface area contributed by atoms with Crippen molar-refractivity contribution in [3.8, 4) is 5.75 Å². The molecule has 3 N–H and O–H groups in total. The molecule has 1 saturated heterocycles. The summed E-state index contributed by atoms with van der Waals surface area (Å²) in [5.41, 5.74) is 7.38. The van der Waals surface area contributed by atoms with Crippen LogP contribution >= 0.6 is 15.9 Å². The fraction of sp³-hybridized carbons (Fsp3) is 0.500. The lowest BCUT2D eigenvalue weighted by Crippen LogP contribution is -2.25. The molecule has 20 heavy (non-hydrogen) atoms. The van der Waals surface area contributed by atoms with E-state index in [0.717, 1.165) is 28.0 Å². The third kappa shape index (κ3) is 2.68. The molecule has 6 heteroatoms. The van der Waals surface area contributed by atoms with Crippen molar-refractivity contribution in [2.24, 2.45) is 5.73 Å². The van der Waals surface area contributed by atoms with Crippen molar-refractivity contribution in [3.05, 3.63) is 22.2 Å². The fourth-order valence-corrected chi connectivity index (χ4v) is 3.16. The monoisotopic (exact) mass is 339 g/mol. The quantitative estimate of drug-likeness (QED) is 0.878. The van der Waals surface area contributed by atoms with Gasteiger partial charge >= 0.3 is 0 Å². The van der Waals surface area contributed by atoms with Crippen LogP contribution in [0.3, 0.4) is 0 Å². The fourth-order valence-electron chi connectivity index (χ4n) is 2.69. The van der Waals surface area contributed by atoms with Gasteiger partial charge in [0.25, 0.3) is 0 Å². The molecule has 0 aromatic heterocycles. The second-order valence-corrected chi connectivity index (χ2v) is 6.09. The predicted octanol–water partition coefficient (Wildman–Crippen LogP) is 1.88. The van der Waals surface area contributed by atoms with Crippen molar-refractivity contribution >= 4 is 27.5 Å². The third-order valence-electron chi connectivity index (χ3n) is 3.84. The summed E-state index contributed by atoms with van der Waals surface area (Å²) in [5, 5.41) is 2.77. The number of benzene rings is 1. The Balaban J connectivity index is 1.65. The van der Waals surface area contributed by atoms with Crippen LogP contribution in [0, 0.1) is 0 Å². The van der Waals surface area contributed by atoms with E-state index in [1.165, 1.54) is 25.9 Å². The molecule has 1 amide bonds. The number of carbonyl (C=O) groups excluding carboxylic acids is 1. The summed E-state index contributed by atoms with van der Waals surface area (Å²) in [6, 6.07) is 3.12. The van der Waals surface area contributed by atoms with Gasteiger partial charge in [0.15, 0.2) is 0 Å². The molecule has 0 spiro atoms. The van der Waals surface area contributed by atoms with Gasteiger partial charge in [0, 0.05) is 23.9 Å². The number of amides is 1. The van der Waals surface area contributed by atoms with Crippen molar-refractivity contribution in [1.82, 2.24) is 4.90 Å². The van der Waals surface area contributed by atoms with Crippen LogP contribution in [0.5, 0.6) is 5.75 Å². The molecule has 5 nitrogen and oxygen atoms in total. The van der Waals surface area contributed by atoms with Gasteiger partial charge in [-0.1, -0.05) is 0 Å². The first-order valence-electron chi connectivity index (χ1n) is 6.90. The minimum atomic E-state index is -0.583. The molecule has 0 aliphatic carbocycles. The molecule has 0 radical (unpaired) electrons. The van der Waals surface area contributed by atoms with Crippen LogP contribution in [-0.4, -0.2) is 37.0 Å². The topological polar surface area (TPSA) is 67.6 Å². The van der Waals surface area contributed by atoms with Gasteiger partial charge in [-0.15, -0.1) is 0 Å². The standard InChI is InChI=1S/C14H18BrN3O2/c15-10-7-9-11(17-14(19)13(9)16)8-12(10)20-6-5-18-3-1-2-4-18/h7-8,13H,1-6,16H2,(H,17,19). The highest BCUT2D eigenvalue weighted by atomic mass is 79.9. The highest BCUT2D eigenvalue weighted by molar-refractivity contribution is 9.10. The van der Waals surface area contributed by atoms with Crippen molar-refractivity contribution in [2.45, 2.75) is 18.9 Å². The number of rotatable bonds is 4. The Labute approximate surface area is 126 Å². The summed E-state index contributed by atoms with van der Waals surface area (Å²) in [7, 11) is 0. The van der Waals surface area contributed by atoms with Crippen LogP contribution in [0.15, 0.2) is 16.6 Å². The lowest BCUT2D eigenvalue weighted by Gasteiger charge is -2.16. The van der Waals surface area contributed by atoms with Gasteiger partial charge in [0.05, 0.1) is 4.47 Å². The first-order valence-corrected chi connectivity index (χ1v) is 7.69. The van der Waals surface area contributed by atoms with E-state index in [2.05, 4.69) is 26.1 Å². The molecule has 2 aliphatic rings. The largest absolute Gasteiger partial charge is 0.491 e. The van der Waals surface area contributed by atoms with Gasteiger partial charge in [-0.25, -0.2) is 0 Å². The Kier molecular flexibility index (Phi) is 3.96. The third-order valence-corrected chi connectivity index (χ3v) is 4.46. The van der Waals surface area contributed by atoms with E-state index in [9.17, 15) is 4.79 Å². The Bertz CT molecular complexity index is 529. The van der Waals surface area contributed by atoms with Crippen LogP contribution in [0.25, 0.3) is 0 Å². The molecule has 1 aromatic carbocycles. The smallest absolute Gasteiger partial charge is 0.245 e. The summed E-state index contributed by atoms with van der Waals surface area (Å²) in [6.07, 6.45) is 2.57. The van der Waals surface area contributed by atoms with E-state index in [1.807, 2.05) is 12.1 Å². The summed E-state index contributed by atoms with van der Waals surface area (Å²) in [4.78, 5) is 13.9. The average molecular weight is 340 g/mol. The van der Waals surface area contributed by atoms with E-state index in [-0.39, 0.29) is 5.91 Å². The van der Waals surface area contributed by atoms with Crippen molar-refractivity contribution in [1.29, 1.82) is 0 Å². The Hall–Kier alpha value is -1.11.